The standard InChI is InChI=1S/C43H48N3O11.3C4H9.Sn/c1-52-34-18-12-30(13-19-34)27-55-39(47)25-24-38(42(50)57-29-32-16-22-36(54-3)23-17-32)46-43(51)45-37(41(49)56-28-31-14-20-35(53-2)21-15-31)11-7-8-26-44-40(48)33-9-5-4-6-10-33;3*1-3-4-2;/h5-6,9-10,12-23,37-38H,7-8,11,24-29H2,1-3H3,(H,44,48)(H2,45,46,51);3*1,3-4H2,2H3;. The molecule has 0 fully saturated rings. The van der Waals surface area contributed by atoms with Crippen molar-refractivity contribution in [2.75, 3.05) is 27.9 Å². The van der Waals surface area contributed by atoms with Gasteiger partial charge in [0.15, 0.2) is 0 Å². The predicted octanol–water partition coefficient (Wildman–Crippen LogP) is 9.72. The molecule has 0 heterocycles. The summed E-state index contributed by atoms with van der Waals surface area (Å²) >= 11 is -2.64. The van der Waals surface area contributed by atoms with Gasteiger partial charge in [0.2, 0.25) is 0 Å². The second-order valence-corrected chi connectivity index (χ2v) is 30.8. The van der Waals surface area contributed by atoms with Crippen LogP contribution in [0.5, 0.6) is 17.2 Å². The number of ether oxygens (including phenoxy) is 6. The third-order valence-electron chi connectivity index (χ3n) is 12.4. The summed E-state index contributed by atoms with van der Waals surface area (Å²) in [6.45, 7) is 7.00. The fourth-order valence-corrected chi connectivity index (χ4v) is 24.1. The first-order valence-electron chi connectivity index (χ1n) is 24.8. The number of methoxy groups -OCH3 is 3. The van der Waals surface area contributed by atoms with Crippen molar-refractivity contribution in [2.24, 2.45) is 0 Å². The van der Waals surface area contributed by atoms with E-state index in [1.165, 1.54) is 55.4 Å². The monoisotopic (exact) mass is 1070 g/mol. The second kappa shape index (κ2) is 31.5. The molecule has 4 aromatic rings. The molecular weight excluding hydrogens is 997 g/mol. The first kappa shape index (κ1) is 56.8. The zero-order valence-electron chi connectivity index (χ0n) is 42.1. The van der Waals surface area contributed by atoms with Gasteiger partial charge in [0, 0.05) is 6.42 Å². The number of esters is 3. The quantitative estimate of drug-likeness (QED) is 0.0184. The van der Waals surface area contributed by atoms with Crippen molar-refractivity contribution in [1.29, 1.82) is 0 Å². The zero-order valence-corrected chi connectivity index (χ0v) is 45.0. The molecule has 0 aliphatic carbocycles. The van der Waals surface area contributed by atoms with Crippen LogP contribution >= 0.6 is 0 Å². The van der Waals surface area contributed by atoms with E-state index < -0.39 is 54.4 Å². The van der Waals surface area contributed by atoms with E-state index in [0.29, 0.717) is 53.3 Å². The Morgan fingerprint density at radius 2 is 0.914 bits per heavy atom. The Balaban J connectivity index is 1.41. The molecule has 15 heteroatoms. The van der Waals surface area contributed by atoms with Crippen molar-refractivity contribution in [2.45, 2.75) is 137 Å². The number of carbonyl (C=O) groups is 5. The molecule has 0 saturated carbocycles. The summed E-state index contributed by atoms with van der Waals surface area (Å²) < 4.78 is 37.9. The van der Waals surface area contributed by atoms with Crippen LogP contribution in [0.3, 0.4) is 0 Å². The van der Waals surface area contributed by atoms with Crippen LogP contribution in [0.1, 0.15) is 118 Å². The topological polar surface area (TPSA) is 177 Å². The number of hydrogen-bond acceptors (Lipinski definition) is 11. The molecule has 0 aliphatic rings. The molecule has 0 aromatic heterocycles. The summed E-state index contributed by atoms with van der Waals surface area (Å²) in [5.41, 5.74) is 2.75. The third kappa shape index (κ3) is 19.6. The van der Waals surface area contributed by atoms with Crippen molar-refractivity contribution in [1.82, 2.24) is 16.0 Å². The minimum absolute atomic E-state index is 0.000486. The SMILES string of the molecule is CCC[CH2][Sn]([CH2]CCC)([CH2]CCC)[c]1ccc(C(=O)NCCCCC(NC(=O)NC(CCC(=O)OCc2ccc(OC)cc2)C(=O)OCc2ccc(OC)cc2)C(=O)OCc2ccc(OC)cc2)cc1. The summed E-state index contributed by atoms with van der Waals surface area (Å²) in [6, 6.07) is 26.2. The van der Waals surface area contributed by atoms with Crippen LogP contribution in [0.4, 0.5) is 4.79 Å². The Kier molecular flexibility index (Phi) is 25.5. The normalized spacial score (nSPS) is 11.9. The number of hydrogen-bond donors (Lipinski definition) is 3. The van der Waals surface area contributed by atoms with Gasteiger partial charge in [-0.2, -0.15) is 0 Å². The second-order valence-electron chi connectivity index (χ2n) is 17.6. The molecule has 3 amide bonds. The van der Waals surface area contributed by atoms with Crippen LogP contribution in [0.15, 0.2) is 97.1 Å². The Bertz CT molecular complexity index is 2160. The number of benzene rings is 4. The molecule has 14 nitrogen and oxygen atoms in total. The number of urea groups is 1. The number of rotatable bonds is 32. The van der Waals surface area contributed by atoms with Gasteiger partial charge in [-0.15, -0.1) is 0 Å². The Hall–Kier alpha value is -5.77. The summed E-state index contributed by atoms with van der Waals surface area (Å²) in [7, 11) is 4.66. The van der Waals surface area contributed by atoms with Crippen molar-refractivity contribution < 1.29 is 52.4 Å². The molecular formula is C55H75N3O11Sn. The molecule has 0 radical (unpaired) electrons. The van der Waals surface area contributed by atoms with E-state index >= 15 is 0 Å². The molecule has 2 unspecified atom stereocenters. The molecule has 0 saturated heterocycles. The number of unbranched alkanes of at least 4 members (excludes halogenated alkanes) is 4. The van der Waals surface area contributed by atoms with Gasteiger partial charge in [0.1, 0.15) is 43.1 Å². The molecule has 380 valence electrons. The Labute approximate surface area is 419 Å². The van der Waals surface area contributed by atoms with Crippen molar-refractivity contribution in [3.05, 3.63) is 119 Å². The van der Waals surface area contributed by atoms with Crippen LogP contribution in [-0.4, -0.2) is 88.2 Å². The first-order valence-corrected chi connectivity index (χ1v) is 32.3. The van der Waals surface area contributed by atoms with E-state index in [2.05, 4.69) is 48.9 Å². The molecule has 2 atom stereocenters. The maximum atomic E-state index is 13.7. The first-order chi connectivity index (χ1) is 34.0. The van der Waals surface area contributed by atoms with Crippen LogP contribution in [0.2, 0.25) is 13.3 Å². The van der Waals surface area contributed by atoms with Crippen LogP contribution in [-0.2, 0) is 48.4 Å². The molecule has 4 aromatic carbocycles. The molecule has 0 spiro atoms. The molecule has 70 heavy (non-hydrogen) atoms. The van der Waals surface area contributed by atoms with E-state index in [9.17, 15) is 24.0 Å². The fourth-order valence-electron chi connectivity index (χ4n) is 8.14. The molecule has 3 N–H and O–H groups in total. The van der Waals surface area contributed by atoms with Gasteiger partial charge in [-0.25, -0.2) is 14.4 Å². The van der Waals surface area contributed by atoms with Gasteiger partial charge in [0.25, 0.3) is 0 Å². The number of nitrogens with one attached hydrogen (secondary N) is 3. The minimum atomic E-state index is -2.64. The van der Waals surface area contributed by atoms with Gasteiger partial charge in [-0.3, -0.25) is 4.79 Å². The molecule has 0 bridgehead atoms. The van der Waals surface area contributed by atoms with Crippen molar-refractivity contribution in [3.63, 3.8) is 0 Å². The van der Waals surface area contributed by atoms with E-state index in [1.807, 2.05) is 12.1 Å². The molecule has 4 rings (SSSR count). The summed E-state index contributed by atoms with van der Waals surface area (Å²) in [5, 5.41) is 8.34. The van der Waals surface area contributed by atoms with Gasteiger partial charge in [-0.1, -0.05) is 36.4 Å². The number of amides is 3. The summed E-state index contributed by atoms with van der Waals surface area (Å²) in [4.78, 5) is 67.1. The van der Waals surface area contributed by atoms with E-state index in [4.69, 9.17) is 28.4 Å². The van der Waals surface area contributed by atoms with Crippen molar-refractivity contribution >= 4 is 51.8 Å². The van der Waals surface area contributed by atoms with Crippen LogP contribution < -0.4 is 33.7 Å². The summed E-state index contributed by atoms with van der Waals surface area (Å²) in [6.07, 6.45) is 8.14. The van der Waals surface area contributed by atoms with E-state index in [1.54, 1.807) is 94.1 Å². The molecule has 0 aliphatic heterocycles. The van der Waals surface area contributed by atoms with E-state index in [0.717, 1.165) is 5.56 Å². The van der Waals surface area contributed by atoms with Gasteiger partial charge >= 0.3 is 202 Å². The predicted molar refractivity (Wildman–Crippen MR) is 274 cm³/mol. The van der Waals surface area contributed by atoms with Gasteiger partial charge < -0.3 is 33.7 Å². The van der Waals surface area contributed by atoms with Crippen molar-refractivity contribution in [3.8, 4) is 17.2 Å². The summed E-state index contributed by atoms with van der Waals surface area (Å²) in [5.74, 6) is -0.284. The van der Waals surface area contributed by atoms with Gasteiger partial charge in [-0.05, 0) is 59.5 Å². The fraction of sp³-hybridized carbons (Fsp3) is 0.473. The van der Waals surface area contributed by atoms with Crippen LogP contribution in [0.25, 0.3) is 0 Å². The van der Waals surface area contributed by atoms with Crippen LogP contribution in [0, 0.1) is 0 Å². The zero-order chi connectivity index (χ0) is 50.6. The Morgan fingerprint density at radius 1 is 0.500 bits per heavy atom. The Morgan fingerprint density at radius 3 is 1.33 bits per heavy atom. The number of carbonyl (C=O) groups excluding carboxylic acids is 5. The third-order valence-corrected chi connectivity index (χ3v) is 28.1. The average Bonchev–Trinajstić information content (AvgIpc) is 3.39. The average molecular weight is 1070 g/mol. The van der Waals surface area contributed by atoms with Gasteiger partial charge in [0.05, 0.1) is 21.3 Å². The maximum absolute atomic E-state index is 13.7. The van der Waals surface area contributed by atoms with E-state index in [-0.39, 0.29) is 45.0 Å².